The van der Waals surface area contributed by atoms with Crippen molar-refractivity contribution in [3.05, 3.63) is 65.3 Å². The average molecular weight is 422 g/mol. The van der Waals surface area contributed by atoms with Gasteiger partial charge in [-0.05, 0) is 37.6 Å². The molecule has 0 bridgehead atoms. The van der Waals surface area contributed by atoms with Crippen LogP contribution in [0, 0.1) is 6.92 Å². The number of aryl methyl sites for hydroxylation is 2. The molecule has 0 radical (unpaired) electrons. The van der Waals surface area contributed by atoms with Crippen LogP contribution in [-0.2, 0) is 6.54 Å². The van der Waals surface area contributed by atoms with Crippen LogP contribution in [0.4, 0.5) is 5.69 Å². The Morgan fingerprint density at radius 1 is 1.14 bits per heavy atom. The highest BCUT2D eigenvalue weighted by molar-refractivity contribution is 7.18. The molecule has 3 aromatic rings. The highest BCUT2D eigenvalue weighted by Crippen LogP contribution is 2.22. The number of benzene rings is 2. The van der Waals surface area contributed by atoms with Gasteiger partial charge in [0.25, 0.3) is 5.01 Å². The van der Waals surface area contributed by atoms with Gasteiger partial charge in [0, 0.05) is 24.0 Å². The fourth-order valence-corrected chi connectivity index (χ4v) is 3.63. The minimum Gasteiger partial charge on any atom is -1.00 e. The number of rotatable bonds is 4. The first-order valence-corrected chi connectivity index (χ1v) is 8.00. The molecule has 0 fully saturated rings. The number of thiazole rings is 1. The molecule has 3 rings (SSSR count). The van der Waals surface area contributed by atoms with Gasteiger partial charge in [-0.2, -0.15) is 4.57 Å². The van der Waals surface area contributed by atoms with E-state index in [9.17, 15) is 0 Å². The molecule has 1 heterocycles. The third kappa shape index (κ3) is 3.67. The fraction of sp³-hybridized carbons (Fsp3) is 0.167. The average Bonchev–Trinajstić information content (AvgIpc) is 2.84. The maximum Gasteiger partial charge on any atom is 0.264 e. The van der Waals surface area contributed by atoms with Gasteiger partial charge in [0.1, 0.15) is 11.2 Å². The minimum absolute atomic E-state index is 0. The molecule has 0 saturated carbocycles. The maximum absolute atomic E-state index is 3.31. The standard InChI is InChI=1S/C18H18N2S.HI/c1-3-20-16-10-9-14(2)13-17(16)21-18(20)11-12-19-15-7-5-4-6-8-15;/h4-13H,3H2,1-2H3;1H. The van der Waals surface area contributed by atoms with E-state index in [1.54, 1.807) is 0 Å². The highest BCUT2D eigenvalue weighted by atomic mass is 127. The van der Waals surface area contributed by atoms with Gasteiger partial charge in [0.15, 0.2) is 0 Å². The van der Waals surface area contributed by atoms with Crippen molar-refractivity contribution in [3.8, 4) is 0 Å². The normalized spacial score (nSPS) is 10.8. The van der Waals surface area contributed by atoms with Crippen molar-refractivity contribution in [2.45, 2.75) is 20.4 Å². The second-order valence-electron chi connectivity index (χ2n) is 5.00. The maximum atomic E-state index is 3.31. The van der Waals surface area contributed by atoms with E-state index >= 15 is 0 Å². The van der Waals surface area contributed by atoms with Crippen LogP contribution in [0.1, 0.15) is 17.5 Å². The van der Waals surface area contributed by atoms with E-state index in [2.05, 4.69) is 60.1 Å². The minimum atomic E-state index is 0. The molecule has 4 heteroatoms. The Morgan fingerprint density at radius 3 is 2.64 bits per heavy atom. The number of nitrogens with one attached hydrogen (secondary N) is 1. The van der Waals surface area contributed by atoms with Gasteiger partial charge >= 0.3 is 0 Å². The van der Waals surface area contributed by atoms with Crippen LogP contribution in [0.2, 0.25) is 0 Å². The number of hydrogen-bond acceptors (Lipinski definition) is 2. The van der Waals surface area contributed by atoms with E-state index < -0.39 is 0 Å². The molecule has 0 aliphatic carbocycles. The zero-order chi connectivity index (χ0) is 14.7. The summed E-state index contributed by atoms with van der Waals surface area (Å²) in [4.78, 5) is 0. The first-order chi connectivity index (χ1) is 10.3. The van der Waals surface area contributed by atoms with Crippen LogP contribution in [0.25, 0.3) is 16.3 Å². The van der Waals surface area contributed by atoms with Crippen molar-refractivity contribution < 1.29 is 28.5 Å². The number of para-hydroxylation sites is 1. The fourth-order valence-electron chi connectivity index (χ4n) is 2.41. The van der Waals surface area contributed by atoms with Crippen molar-refractivity contribution in [1.29, 1.82) is 0 Å². The molecule has 0 aliphatic heterocycles. The van der Waals surface area contributed by atoms with Crippen molar-refractivity contribution in [1.82, 2.24) is 0 Å². The Bertz CT molecular complexity index is 778. The molecule has 0 aliphatic rings. The lowest BCUT2D eigenvalue weighted by Crippen LogP contribution is -3.00. The van der Waals surface area contributed by atoms with E-state index in [0.29, 0.717) is 0 Å². The molecule has 1 N–H and O–H groups in total. The molecular formula is C18H19IN2S. The molecule has 114 valence electrons. The summed E-state index contributed by atoms with van der Waals surface area (Å²) in [6.07, 6.45) is 4.16. The quantitative estimate of drug-likeness (QED) is 0.499. The van der Waals surface area contributed by atoms with Gasteiger partial charge in [-0.3, -0.25) is 0 Å². The third-order valence-electron chi connectivity index (χ3n) is 3.45. The second-order valence-corrected chi connectivity index (χ2v) is 6.06. The molecule has 0 amide bonds. The van der Waals surface area contributed by atoms with E-state index in [0.717, 1.165) is 12.2 Å². The monoisotopic (exact) mass is 422 g/mol. The van der Waals surface area contributed by atoms with Crippen molar-refractivity contribution >= 4 is 33.3 Å². The van der Waals surface area contributed by atoms with Crippen LogP contribution in [0.3, 0.4) is 0 Å². The van der Waals surface area contributed by atoms with E-state index in [4.69, 9.17) is 0 Å². The Labute approximate surface area is 152 Å². The molecule has 1 aromatic heterocycles. The molecule has 2 nitrogen and oxygen atoms in total. The predicted octanol–water partition coefficient (Wildman–Crippen LogP) is 1.60. The van der Waals surface area contributed by atoms with Crippen LogP contribution in [-0.4, -0.2) is 0 Å². The van der Waals surface area contributed by atoms with Crippen molar-refractivity contribution in [3.63, 3.8) is 0 Å². The summed E-state index contributed by atoms with van der Waals surface area (Å²) in [6.45, 7) is 5.31. The van der Waals surface area contributed by atoms with Crippen LogP contribution in [0.5, 0.6) is 0 Å². The smallest absolute Gasteiger partial charge is 0.264 e. The first kappa shape index (κ1) is 17.0. The summed E-state index contributed by atoms with van der Waals surface area (Å²) in [5.41, 5.74) is 3.73. The van der Waals surface area contributed by atoms with Gasteiger partial charge < -0.3 is 29.3 Å². The van der Waals surface area contributed by atoms with Gasteiger partial charge in [-0.1, -0.05) is 35.6 Å². The highest BCUT2D eigenvalue weighted by Gasteiger charge is 2.16. The lowest BCUT2D eigenvalue weighted by atomic mass is 10.2. The molecule has 22 heavy (non-hydrogen) atoms. The van der Waals surface area contributed by atoms with Gasteiger partial charge in [-0.15, -0.1) is 0 Å². The lowest BCUT2D eigenvalue weighted by Gasteiger charge is -1.97. The summed E-state index contributed by atoms with van der Waals surface area (Å²) < 4.78 is 3.69. The second kappa shape index (κ2) is 7.74. The number of fused-ring (bicyclic) bond motifs is 1. The Kier molecular flexibility index (Phi) is 5.97. The van der Waals surface area contributed by atoms with Crippen LogP contribution in [0.15, 0.2) is 54.7 Å². The number of anilines is 1. The lowest BCUT2D eigenvalue weighted by molar-refractivity contribution is -0.665. The Morgan fingerprint density at radius 2 is 1.91 bits per heavy atom. The van der Waals surface area contributed by atoms with Gasteiger partial charge in [0.05, 0.1) is 0 Å². The number of hydrogen-bond donors (Lipinski definition) is 1. The summed E-state index contributed by atoms with van der Waals surface area (Å²) in [5.74, 6) is 0. The zero-order valence-corrected chi connectivity index (χ0v) is 15.7. The van der Waals surface area contributed by atoms with Gasteiger partial charge in [0.2, 0.25) is 5.52 Å². The SMILES string of the molecule is CC[n+]1c(C=CNc2ccccc2)sc2cc(C)ccc21.[I-]. The topological polar surface area (TPSA) is 15.9 Å². The van der Waals surface area contributed by atoms with E-state index in [1.165, 1.54) is 20.8 Å². The van der Waals surface area contributed by atoms with Crippen molar-refractivity contribution in [2.24, 2.45) is 0 Å². The van der Waals surface area contributed by atoms with E-state index in [1.807, 2.05) is 35.7 Å². The largest absolute Gasteiger partial charge is 1.00 e. The molecule has 0 atom stereocenters. The number of halogens is 1. The zero-order valence-electron chi connectivity index (χ0n) is 12.7. The Hall–Kier alpha value is -1.40. The van der Waals surface area contributed by atoms with Crippen LogP contribution >= 0.6 is 11.3 Å². The summed E-state index contributed by atoms with van der Waals surface area (Å²) in [7, 11) is 0. The number of nitrogens with zero attached hydrogens (tertiary/aromatic N) is 1. The molecule has 0 saturated heterocycles. The van der Waals surface area contributed by atoms with E-state index in [-0.39, 0.29) is 24.0 Å². The molecular weight excluding hydrogens is 403 g/mol. The molecule has 0 spiro atoms. The summed E-state index contributed by atoms with van der Waals surface area (Å²) >= 11 is 1.83. The van der Waals surface area contributed by atoms with Crippen molar-refractivity contribution in [2.75, 3.05) is 5.32 Å². The first-order valence-electron chi connectivity index (χ1n) is 7.19. The molecule has 2 aromatic carbocycles. The van der Waals surface area contributed by atoms with Crippen LogP contribution < -0.4 is 33.9 Å². The number of aromatic nitrogens is 1. The predicted molar refractivity (Wildman–Crippen MR) is 91.5 cm³/mol. The molecule has 0 unspecified atom stereocenters. The Balaban J connectivity index is 0.00000176. The third-order valence-corrected chi connectivity index (χ3v) is 4.57. The summed E-state index contributed by atoms with van der Waals surface area (Å²) in [5, 5.41) is 4.58. The summed E-state index contributed by atoms with van der Waals surface area (Å²) in [6, 6.07) is 16.9. The van der Waals surface area contributed by atoms with Gasteiger partial charge in [-0.25, -0.2) is 0 Å².